The summed E-state index contributed by atoms with van der Waals surface area (Å²) >= 11 is 0.982. The first-order chi connectivity index (χ1) is 9.10. The third kappa shape index (κ3) is 3.76. The minimum atomic E-state index is -0.596. The third-order valence-electron chi connectivity index (χ3n) is 2.34. The molecule has 0 unspecified atom stereocenters. The molecule has 0 aliphatic heterocycles. The molecule has 0 atom stereocenters. The number of carbonyl (C=O) groups is 1. The maximum Gasteiger partial charge on any atom is 0.319 e. The number of nitrogens with zero attached hydrogens (tertiary/aromatic N) is 3. The Labute approximate surface area is 112 Å². The summed E-state index contributed by atoms with van der Waals surface area (Å²) in [5.74, 6) is 5.11. The monoisotopic (exact) mass is 284 g/mol. The van der Waals surface area contributed by atoms with Crippen LogP contribution < -0.4 is 16.6 Å². The van der Waals surface area contributed by atoms with E-state index < -0.39 is 4.92 Å². The smallest absolute Gasteiger partial charge is 0.319 e. The predicted octanol–water partition coefficient (Wildman–Crippen LogP) is 0.0411. The van der Waals surface area contributed by atoms with E-state index in [0.29, 0.717) is 0 Å². The Morgan fingerprint density at radius 3 is 2.95 bits per heavy atom. The van der Waals surface area contributed by atoms with E-state index in [2.05, 4.69) is 20.7 Å². The van der Waals surface area contributed by atoms with Gasteiger partial charge in [-0.25, -0.2) is 10.8 Å². The first-order valence-electron chi connectivity index (χ1n) is 5.50. The molecule has 1 aromatic rings. The van der Waals surface area contributed by atoms with Crippen LogP contribution >= 0.6 is 11.8 Å². The van der Waals surface area contributed by atoms with Crippen molar-refractivity contribution in [1.29, 1.82) is 0 Å². The molecule has 1 saturated carbocycles. The van der Waals surface area contributed by atoms with Crippen molar-refractivity contribution in [2.45, 2.75) is 23.9 Å². The number of nitro groups is 1. The van der Waals surface area contributed by atoms with E-state index in [0.717, 1.165) is 30.8 Å². The molecule has 2 rings (SSSR count). The van der Waals surface area contributed by atoms with Gasteiger partial charge in [-0.1, -0.05) is 11.8 Å². The number of hydrogen-bond donors (Lipinski definition) is 3. The number of hydrogen-bond acceptors (Lipinski definition) is 8. The van der Waals surface area contributed by atoms with E-state index in [-0.39, 0.29) is 34.4 Å². The van der Waals surface area contributed by atoms with Crippen molar-refractivity contribution >= 4 is 29.3 Å². The normalized spacial score (nSPS) is 13.9. The Morgan fingerprint density at radius 2 is 2.37 bits per heavy atom. The summed E-state index contributed by atoms with van der Waals surface area (Å²) in [6, 6.07) is 0.259. The van der Waals surface area contributed by atoms with Gasteiger partial charge in [-0.05, 0) is 12.8 Å². The third-order valence-corrected chi connectivity index (χ3v) is 3.32. The summed E-state index contributed by atoms with van der Waals surface area (Å²) in [5.41, 5.74) is 1.96. The molecule has 102 valence electrons. The van der Waals surface area contributed by atoms with Crippen molar-refractivity contribution in [3.05, 3.63) is 16.3 Å². The molecule has 1 aromatic heterocycles. The van der Waals surface area contributed by atoms with Crippen LogP contribution in [0.3, 0.4) is 0 Å². The van der Waals surface area contributed by atoms with Crippen LogP contribution in [-0.4, -0.2) is 32.6 Å². The second kappa shape index (κ2) is 5.80. The zero-order valence-electron chi connectivity index (χ0n) is 9.83. The number of nitrogens with one attached hydrogen (secondary N) is 2. The SMILES string of the molecule is NNc1ncc([N+](=O)[O-])c(SCC(=O)NC2CC2)n1. The van der Waals surface area contributed by atoms with Gasteiger partial charge in [-0.15, -0.1) is 0 Å². The van der Waals surface area contributed by atoms with Crippen molar-refractivity contribution in [3.63, 3.8) is 0 Å². The number of amides is 1. The Morgan fingerprint density at radius 1 is 1.63 bits per heavy atom. The van der Waals surface area contributed by atoms with Crippen LogP contribution in [0.2, 0.25) is 0 Å². The highest BCUT2D eigenvalue weighted by Gasteiger charge is 2.24. The van der Waals surface area contributed by atoms with Gasteiger partial charge in [-0.2, -0.15) is 4.98 Å². The molecule has 1 aliphatic rings. The number of thioether (sulfide) groups is 1. The van der Waals surface area contributed by atoms with E-state index in [1.165, 1.54) is 0 Å². The van der Waals surface area contributed by atoms with Crippen molar-refractivity contribution in [2.75, 3.05) is 11.2 Å². The van der Waals surface area contributed by atoms with Gasteiger partial charge in [-0.3, -0.25) is 20.3 Å². The van der Waals surface area contributed by atoms with Gasteiger partial charge < -0.3 is 5.32 Å². The molecular formula is C9H12N6O3S. The summed E-state index contributed by atoms with van der Waals surface area (Å²) in [6.07, 6.45) is 3.04. The summed E-state index contributed by atoms with van der Waals surface area (Å²) in [7, 11) is 0. The number of hydrazine groups is 1. The number of carbonyl (C=O) groups excluding carboxylic acids is 1. The molecule has 1 aliphatic carbocycles. The van der Waals surface area contributed by atoms with Gasteiger partial charge >= 0.3 is 5.69 Å². The lowest BCUT2D eigenvalue weighted by Crippen LogP contribution is -2.27. The Balaban J connectivity index is 2.03. The zero-order valence-corrected chi connectivity index (χ0v) is 10.6. The highest BCUT2D eigenvalue weighted by atomic mass is 32.2. The second-order valence-corrected chi connectivity index (χ2v) is 4.88. The Hall–Kier alpha value is -1.94. The maximum absolute atomic E-state index is 11.5. The Kier molecular flexibility index (Phi) is 4.12. The molecule has 0 spiro atoms. The number of nitrogens with two attached hydrogens (primary N) is 1. The average Bonchev–Trinajstić information content (AvgIpc) is 3.19. The number of rotatable bonds is 6. The van der Waals surface area contributed by atoms with E-state index >= 15 is 0 Å². The van der Waals surface area contributed by atoms with Gasteiger partial charge in [0.25, 0.3) is 0 Å². The van der Waals surface area contributed by atoms with Gasteiger partial charge in [0.05, 0.1) is 10.7 Å². The quantitative estimate of drug-likeness (QED) is 0.219. The van der Waals surface area contributed by atoms with E-state index in [1.54, 1.807) is 0 Å². The lowest BCUT2D eigenvalue weighted by atomic mass is 10.5. The van der Waals surface area contributed by atoms with Crippen LogP contribution in [0.1, 0.15) is 12.8 Å². The standard InChI is InChI=1S/C9H12N6O3S/c10-14-9-11-3-6(15(17)18)8(13-9)19-4-7(16)12-5-1-2-5/h3,5H,1-2,4,10H2,(H,12,16)(H,11,13,14). The zero-order chi connectivity index (χ0) is 13.8. The van der Waals surface area contributed by atoms with Gasteiger partial charge in [0.2, 0.25) is 11.9 Å². The van der Waals surface area contributed by atoms with Gasteiger partial charge in [0.15, 0.2) is 5.03 Å². The molecule has 4 N–H and O–H groups in total. The fourth-order valence-corrected chi connectivity index (χ4v) is 2.07. The highest BCUT2D eigenvalue weighted by molar-refractivity contribution is 8.00. The molecular weight excluding hydrogens is 272 g/mol. The van der Waals surface area contributed by atoms with E-state index in [1.807, 2.05) is 0 Å². The molecule has 10 heteroatoms. The van der Waals surface area contributed by atoms with Crippen molar-refractivity contribution < 1.29 is 9.72 Å². The van der Waals surface area contributed by atoms with E-state index in [4.69, 9.17) is 5.84 Å². The predicted molar refractivity (Wildman–Crippen MR) is 68.4 cm³/mol. The van der Waals surface area contributed by atoms with Crippen molar-refractivity contribution in [1.82, 2.24) is 15.3 Å². The molecule has 9 nitrogen and oxygen atoms in total. The Bertz CT molecular complexity index is 507. The van der Waals surface area contributed by atoms with Gasteiger partial charge in [0, 0.05) is 6.04 Å². The molecule has 1 fully saturated rings. The minimum absolute atomic E-state index is 0.0655. The van der Waals surface area contributed by atoms with Crippen LogP contribution in [-0.2, 0) is 4.79 Å². The molecule has 0 radical (unpaired) electrons. The lowest BCUT2D eigenvalue weighted by molar-refractivity contribution is -0.388. The van der Waals surface area contributed by atoms with Crippen LogP contribution in [0.15, 0.2) is 11.2 Å². The minimum Gasteiger partial charge on any atom is -0.353 e. The fourth-order valence-electron chi connectivity index (χ4n) is 1.29. The van der Waals surface area contributed by atoms with E-state index in [9.17, 15) is 14.9 Å². The first kappa shape index (κ1) is 13.5. The highest BCUT2D eigenvalue weighted by Crippen LogP contribution is 2.27. The van der Waals surface area contributed by atoms with Crippen LogP contribution in [0.5, 0.6) is 0 Å². The topological polar surface area (TPSA) is 136 Å². The van der Waals surface area contributed by atoms with Crippen molar-refractivity contribution in [2.24, 2.45) is 5.84 Å². The van der Waals surface area contributed by atoms with Crippen LogP contribution in [0.25, 0.3) is 0 Å². The summed E-state index contributed by atoms with van der Waals surface area (Å²) in [6.45, 7) is 0. The molecule has 0 bridgehead atoms. The first-order valence-corrected chi connectivity index (χ1v) is 6.49. The molecule has 1 amide bonds. The van der Waals surface area contributed by atoms with Gasteiger partial charge in [0.1, 0.15) is 6.20 Å². The summed E-state index contributed by atoms with van der Waals surface area (Å²) < 4.78 is 0. The lowest BCUT2D eigenvalue weighted by Gasteiger charge is -2.04. The number of aromatic nitrogens is 2. The molecule has 1 heterocycles. The molecule has 0 saturated heterocycles. The summed E-state index contributed by atoms with van der Waals surface area (Å²) in [5, 5.41) is 13.7. The maximum atomic E-state index is 11.5. The number of anilines is 1. The van der Waals surface area contributed by atoms with Crippen LogP contribution in [0, 0.1) is 10.1 Å². The largest absolute Gasteiger partial charge is 0.353 e. The fraction of sp³-hybridized carbons (Fsp3) is 0.444. The second-order valence-electron chi connectivity index (χ2n) is 3.92. The average molecular weight is 284 g/mol. The summed E-state index contributed by atoms with van der Waals surface area (Å²) in [4.78, 5) is 29.3. The van der Waals surface area contributed by atoms with Crippen molar-refractivity contribution in [3.8, 4) is 0 Å². The molecule has 19 heavy (non-hydrogen) atoms. The van der Waals surface area contributed by atoms with Crippen LogP contribution in [0.4, 0.5) is 11.6 Å². The molecule has 0 aromatic carbocycles. The number of nitrogen functional groups attached to an aromatic ring is 1.